The van der Waals surface area contributed by atoms with Crippen molar-refractivity contribution in [2.75, 3.05) is 38.1 Å². The maximum atomic E-state index is 13.9. The van der Waals surface area contributed by atoms with Crippen molar-refractivity contribution < 1.29 is 4.39 Å². The average Bonchev–Trinajstić information content (AvgIpc) is 3.38. The van der Waals surface area contributed by atoms with Crippen LogP contribution in [0.15, 0.2) is 24.3 Å². The lowest BCUT2D eigenvalue weighted by Crippen LogP contribution is -2.30. The highest BCUT2D eigenvalue weighted by Crippen LogP contribution is 2.40. The number of likely N-dealkylation sites (tertiary alicyclic amines) is 1. The molecule has 0 radical (unpaired) electrons. The molecule has 1 fully saturated rings. The summed E-state index contributed by atoms with van der Waals surface area (Å²) in [5.74, 6) is 1.35. The first-order valence-corrected chi connectivity index (χ1v) is 11.8. The number of aryl methyl sites for hydroxylation is 1. The minimum atomic E-state index is -0.235. The highest BCUT2D eigenvalue weighted by atomic mass is 35.5. The minimum absolute atomic E-state index is 0.235. The van der Waals surface area contributed by atoms with Gasteiger partial charge >= 0.3 is 0 Å². The number of rotatable bonds is 5. The monoisotopic (exact) mass is 440 g/mol. The number of anilines is 1. The highest BCUT2D eigenvalue weighted by Gasteiger charge is 2.25. The highest BCUT2D eigenvalue weighted by molar-refractivity contribution is 6.34. The van der Waals surface area contributed by atoms with Gasteiger partial charge in [0.2, 0.25) is 0 Å². The molecule has 0 amide bonds. The first-order valence-electron chi connectivity index (χ1n) is 11.4. The molecular weight excluding hydrogens is 411 g/mol. The smallest absolute Gasteiger partial charge is 0.140 e. The molecule has 6 heteroatoms. The second-order valence-corrected chi connectivity index (χ2v) is 9.58. The van der Waals surface area contributed by atoms with Gasteiger partial charge in [-0.3, -0.25) is 0 Å². The first kappa shape index (κ1) is 20.8. The first-order chi connectivity index (χ1) is 15.0. The summed E-state index contributed by atoms with van der Waals surface area (Å²) in [6.07, 6.45) is 6.19. The molecule has 164 valence electrons. The molecule has 1 aromatic heterocycles. The molecular formula is C25H30ClFN4. The lowest BCUT2D eigenvalue weighted by atomic mass is 9.92. The lowest BCUT2D eigenvalue weighted by molar-refractivity contribution is 0.211. The van der Waals surface area contributed by atoms with Crippen molar-refractivity contribution in [1.82, 2.24) is 14.9 Å². The van der Waals surface area contributed by atoms with Gasteiger partial charge in [-0.05, 0) is 94.9 Å². The van der Waals surface area contributed by atoms with E-state index in [-0.39, 0.29) is 5.82 Å². The largest absolute Gasteiger partial charge is 0.371 e. The van der Waals surface area contributed by atoms with Crippen LogP contribution in [0.4, 0.5) is 10.1 Å². The van der Waals surface area contributed by atoms with Gasteiger partial charge in [-0.2, -0.15) is 0 Å². The summed E-state index contributed by atoms with van der Waals surface area (Å²) in [5.41, 5.74) is 5.43. The Labute approximate surface area is 188 Å². The third-order valence-electron chi connectivity index (χ3n) is 7.17. The fourth-order valence-corrected chi connectivity index (χ4v) is 5.51. The number of fused-ring (bicyclic) bond motifs is 2. The Bertz CT molecular complexity index is 1100. The van der Waals surface area contributed by atoms with Crippen LogP contribution < -0.4 is 4.90 Å². The summed E-state index contributed by atoms with van der Waals surface area (Å²) < 4.78 is 13.9. The van der Waals surface area contributed by atoms with E-state index in [0.717, 1.165) is 41.5 Å². The van der Waals surface area contributed by atoms with Crippen molar-refractivity contribution in [3.8, 4) is 11.4 Å². The van der Waals surface area contributed by atoms with E-state index in [0.29, 0.717) is 16.9 Å². The number of nitrogens with zero attached hydrogens (tertiary/aromatic N) is 3. The number of H-pyrrole nitrogens is 1. The average molecular weight is 441 g/mol. The van der Waals surface area contributed by atoms with Crippen LogP contribution in [-0.4, -0.2) is 48.1 Å². The molecule has 4 nitrogen and oxygen atoms in total. The van der Waals surface area contributed by atoms with Crippen molar-refractivity contribution in [3.63, 3.8) is 0 Å². The molecule has 2 aliphatic rings. The number of piperidine rings is 1. The SMILES string of the molecule is Cc1c(F)ccc2[nH]c(-c3ccc4c(c3Cl)CCN4CCCC3CCN(C)CC3)nc12. The fraction of sp³-hybridized carbons (Fsp3) is 0.480. The summed E-state index contributed by atoms with van der Waals surface area (Å²) in [5, 5.41) is 0.771. The van der Waals surface area contributed by atoms with Crippen molar-refractivity contribution in [1.29, 1.82) is 0 Å². The molecule has 1 saturated heterocycles. The molecule has 0 atom stereocenters. The maximum absolute atomic E-state index is 13.9. The number of hydrogen-bond acceptors (Lipinski definition) is 3. The lowest BCUT2D eigenvalue weighted by Gasteiger charge is -2.29. The van der Waals surface area contributed by atoms with Gasteiger partial charge in [-0.15, -0.1) is 0 Å². The van der Waals surface area contributed by atoms with Crippen LogP contribution in [-0.2, 0) is 6.42 Å². The zero-order chi connectivity index (χ0) is 21.5. The molecule has 0 unspecified atom stereocenters. The van der Waals surface area contributed by atoms with Gasteiger partial charge in [0, 0.05) is 29.9 Å². The van der Waals surface area contributed by atoms with Crippen molar-refractivity contribution >= 4 is 28.3 Å². The van der Waals surface area contributed by atoms with Gasteiger partial charge in [0.1, 0.15) is 11.6 Å². The zero-order valence-electron chi connectivity index (χ0n) is 18.3. The van der Waals surface area contributed by atoms with Crippen LogP contribution >= 0.6 is 11.6 Å². The van der Waals surface area contributed by atoms with Crippen LogP contribution in [0.5, 0.6) is 0 Å². The summed E-state index contributed by atoms with van der Waals surface area (Å²) in [4.78, 5) is 12.9. The topological polar surface area (TPSA) is 35.2 Å². The van der Waals surface area contributed by atoms with Crippen LogP contribution in [0.2, 0.25) is 5.02 Å². The quantitative estimate of drug-likeness (QED) is 0.543. The number of aromatic nitrogens is 2. The van der Waals surface area contributed by atoms with E-state index in [2.05, 4.69) is 38.9 Å². The van der Waals surface area contributed by atoms with Crippen LogP contribution in [0.25, 0.3) is 22.4 Å². The Hall–Kier alpha value is -2.11. The molecule has 1 N–H and O–H groups in total. The molecule has 2 aromatic carbocycles. The van der Waals surface area contributed by atoms with Crippen LogP contribution in [0, 0.1) is 18.7 Å². The Balaban J connectivity index is 1.31. The Kier molecular flexibility index (Phi) is 5.65. The standard InChI is InChI=1S/C25H30ClFN4/c1-16-20(27)6-7-21-24(16)29-25(28-21)19-5-8-22-18(23(19)26)11-15-31(22)12-3-4-17-9-13-30(2)14-10-17/h5-8,17H,3-4,9-15H2,1-2H3,(H,28,29). The molecule has 0 spiro atoms. The van der Waals surface area contributed by atoms with E-state index in [1.165, 1.54) is 56.1 Å². The Morgan fingerprint density at radius 3 is 2.77 bits per heavy atom. The number of nitrogens with one attached hydrogen (secondary N) is 1. The van der Waals surface area contributed by atoms with Gasteiger partial charge in [-0.1, -0.05) is 11.6 Å². The third kappa shape index (κ3) is 3.94. The van der Waals surface area contributed by atoms with Gasteiger partial charge < -0.3 is 14.8 Å². The fourth-order valence-electron chi connectivity index (χ4n) is 5.16. The summed E-state index contributed by atoms with van der Waals surface area (Å²) in [7, 11) is 2.22. The molecule has 3 heterocycles. The summed E-state index contributed by atoms with van der Waals surface area (Å²) in [6.45, 7) is 6.36. The summed E-state index contributed by atoms with van der Waals surface area (Å²) >= 11 is 6.86. The molecule has 5 rings (SSSR count). The zero-order valence-corrected chi connectivity index (χ0v) is 19.1. The second-order valence-electron chi connectivity index (χ2n) is 9.20. The van der Waals surface area contributed by atoms with Gasteiger partial charge in [0.15, 0.2) is 0 Å². The van der Waals surface area contributed by atoms with E-state index in [1.54, 1.807) is 13.0 Å². The van der Waals surface area contributed by atoms with Gasteiger partial charge in [0.05, 0.1) is 16.1 Å². The molecule has 0 aliphatic carbocycles. The number of aromatic amines is 1. The van der Waals surface area contributed by atoms with E-state index in [1.807, 2.05) is 0 Å². The number of hydrogen-bond donors (Lipinski definition) is 1. The summed E-state index contributed by atoms with van der Waals surface area (Å²) in [6, 6.07) is 7.45. The second kappa shape index (κ2) is 8.44. The third-order valence-corrected chi connectivity index (χ3v) is 7.60. The Morgan fingerprint density at radius 2 is 1.97 bits per heavy atom. The maximum Gasteiger partial charge on any atom is 0.140 e. The van der Waals surface area contributed by atoms with Crippen LogP contribution in [0.3, 0.4) is 0 Å². The van der Waals surface area contributed by atoms with E-state index < -0.39 is 0 Å². The van der Waals surface area contributed by atoms with Gasteiger partial charge in [0.25, 0.3) is 0 Å². The van der Waals surface area contributed by atoms with E-state index in [4.69, 9.17) is 11.6 Å². The predicted octanol–water partition coefficient (Wildman–Crippen LogP) is 5.82. The molecule has 2 aliphatic heterocycles. The van der Waals surface area contributed by atoms with Crippen molar-refractivity contribution in [2.24, 2.45) is 5.92 Å². The normalized spacial score (nSPS) is 17.6. The molecule has 0 bridgehead atoms. The minimum Gasteiger partial charge on any atom is -0.371 e. The van der Waals surface area contributed by atoms with Crippen molar-refractivity contribution in [3.05, 3.63) is 46.2 Å². The van der Waals surface area contributed by atoms with Crippen molar-refractivity contribution in [2.45, 2.75) is 39.0 Å². The number of imidazole rings is 1. The molecule has 31 heavy (non-hydrogen) atoms. The molecule has 3 aromatic rings. The molecule has 0 saturated carbocycles. The predicted molar refractivity (Wildman–Crippen MR) is 127 cm³/mol. The van der Waals surface area contributed by atoms with Crippen LogP contribution in [0.1, 0.15) is 36.8 Å². The number of halogens is 2. The Morgan fingerprint density at radius 1 is 1.16 bits per heavy atom. The number of benzene rings is 2. The van der Waals surface area contributed by atoms with Gasteiger partial charge in [-0.25, -0.2) is 9.37 Å². The van der Waals surface area contributed by atoms with E-state index >= 15 is 0 Å². The van der Waals surface area contributed by atoms with E-state index in [9.17, 15) is 4.39 Å².